The van der Waals surface area contributed by atoms with Crippen LogP contribution >= 0.6 is 0 Å². The number of hydrogen-bond acceptors (Lipinski definition) is 4. The van der Waals surface area contributed by atoms with Crippen LogP contribution in [-0.4, -0.2) is 33.1 Å². The molecule has 1 aromatic rings. The summed E-state index contributed by atoms with van der Waals surface area (Å²) in [6, 6.07) is 5.30. The number of ether oxygens (including phenoxy) is 2. The van der Waals surface area contributed by atoms with E-state index in [4.69, 9.17) is 9.47 Å². The van der Waals surface area contributed by atoms with Crippen LogP contribution in [0, 0.1) is 5.92 Å². The summed E-state index contributed by atoms with van der Waals surface area (Å²) < 4.78 is 10.3. The molecule has 0 unspecified atom stereocenters. The Morgan fingerprint density at radius 3 is 2.53 bits per heavy atom. The minimum Gasteiger partial charge on any atom is -0.493 e. The average Bonchev–Trinajstić information content (AvgIpc) is 2.32. The molecule has 1 heterocycles. The smallest absolute Gasteiger partial charge is 0.163 e. The largest absolute Gasteiger partial charge is 0.493 e. The minimum atomic E-state index is 0.164. The third-order valence-corrected chi connectivity index (χ3v) is 3.05. The second-order valence-electron chi connectivity index (χ2n) is 4.22. The second kappa shape index (κ2) is 5.19. The molecule has 1 saturated heterocycles. The third kappa shape index (κ3) is 2.58. The number of Topliss-reactive ketones (excluding diaryl/α,β-unsaturated/α-hetero) is 1. The zero-order valence-corrected chi connectivity index (χ0v) is 10.2. The second-order valence-corrected chi connectivity index (χ2v) is 4.22. The first kappa shape index (κ1) is 11.9. The quantitative estimate of drug-likeness (QED) is 0.786. The number of carbonyl (C=O) groups excluding carboxylic acids is 1. The molecular weight excluding hydrogens is 218 g/mol. The van der Waals surface area contributed by atoms with Crippen molar-refractivity contribution in [2.45, 2.75) is 6.42 Å². The fourth-order valence-electron chi connectivity index (χ4n) is 1.88. The van der Waals surface area contributed by atoms with Crippen molar-refractivity contribution in [2.24, 2.45) is 5.92 Å². The van der Waals surface area contributed by atoms with E-state index in [9.17, 15) is 4.79 Å². The van der Waals surface area contributed by atoms with Gasteiger partial charge in [0.05, 0.1) is 14.2 Å². The summed E-state index contributed by atoms with van der Waals surface area (Å²) in [5.74, 6) is 1.90. The van der Waals surface area contributed by atoms with E-state index in [0.29, 0.717) is 29.4 Å². The molecule has 0 amide bonds. The standard InChI is InChI=1S/C13H17NO3/c1-16-12-4-3-10(6-13(12)17-2)11(15)5-9-7-14-8-9/h3-4,6,9,14H,5,7-8H2,1-2H3. The molecule has 1 fully saturated rings. The van der Waals surface area contributed by atoms with Crippen molar-refractivity contribution in [3.63, 3.8) is 0 Å². The molecule has 4 nitrogen and oxygen atoms in total. The van der Waals surface area contributed by atoms with Crippen LogP contribution in [0.1, 0.15) is 16.8 Å². The van der Waals surface area contributed by atoms with E-state index >= 15 is 0 Å². The summed E-state index contributed by atoms with van der Waals surface area (Å²) in [7, 11) is 3.15. The summed E-state index contributed by atoms with van der Waals surface area (Å²) >= 11 is 0. The maximum Gasteiger partial charge on any atom is 0.163 e. The molecule has 2 rings (SSSR count). The molecule has 1 aliphatic rings. The van der Waals surface area contributed by atoms with Crippen molar-refractivity contribution in [2.75, 3.05) is 27.3 Å². The van der Waals surface area contributed by atoms with Gasteiger partial charge in [-0.25, -0.2) is 0 Å². The van der Waals surface area contributed by atoms with E-state index < -0.39 is 0 Å². The number of benzene rings is 1. The fourth-order valence-corrected chi connectivity index (χ4v) is 1.88. The molecular formula is C13H17NO3. The zero-order chi connectivity index (χ0) is 12.3. The molecule has 0 atom stereocenters. The fraction of sp³-hybridized carbons (Fsp3) is 0.462. The number of methoxy groups -OCH3 is 2. The first-order valence-electron chi connectivity index (χ1n) is 5.70. The van der Waals surface area contributed by atoms with Crippen molar-refractivity contribution < 1.29 is 14.3 Å². The minimum absolute atomic E-state index is 0.164. The first-order chi connectivity index (χ1) is 8.24. The van der Waals surface area contributed by atoms with Crippen molar-refractivity contribution in [3.8, 4) is 11.5 Å². The first-order valence-corrected chi connectivity index (χ1v) is 5.70. The molecule has 0 aromatic heterocycles. The van der Waals surface area contributed by atoms with Gasteiger partial charge in [-0.3, -0.25) is 4.79 Å². The van der Waals surface area contributed by atoms with Gasteiger partial charge in [0.15, 0.2) is 17.3 Å². The predicted octanol–water partition coefficient (Wildman–Crippen LogP) is 1.50. The lowest BCUT2D eigenvalue weighted by Crippen LogP contribution is -2.42. The van der Waals surface area contributed by atoms with E-state index in [1.807, 2.05) is 0 Å². The maximum absolute atomic E-state index is 12.0. The van der Waals surface area contributed by atoms with Gasteiger partial charge in [0.2, 0.25) is 0 Å². The van der Waals surface area contributed by atoms with Crippen LogP contribution in [-0.2, 0) is 0 Å². The van der Waals surface area contributed by atoms with Crippen LogP contribution in [0.5, 0.6) is 11.5 Å². The molecule has 0 spiro atoms. The lowest BCUT2D eigenvalue weighted by molar-refractivity contribution is 0.0945. The third-order valence-electron chi connectivity index (χ3n) is 3.05. The Balaban J connectivity index is 2.11. The van der Waals surface area contributed by atoms with Crippen LogP contribution in [0.25, 0.3) is 0 Å². The molecule has 1 aromatic carbocycles. The molecule has 1 N–H and O–H groups in total. The summed E-state index contributed by atoms with van der Waals surface area (Å²) in [6.07, 6.45) is 0.600. The summed E-state index contributed by atoms with van der Waals surface area (Å²) in [6.45, 7) is 1.89. The number of carbonyl (C=O) groups is 1. The molecule has 0 aliphatic carbocycles. The lowest BCUT2D eigenvalue weighted by Gasteiger charge is -2.26. The lowest BCUT2D eigenvalue weighted by atomic mass is 9.94. The Morgan fingerprint density at radius 2 is 2.00 bits per heavy atom. The van der Waals surface area contributed by atoms with Gasteiger partial charge in [-0.15, -0.1) is 0 Å². The van der Waals surface area contributed by atoms with Crippen molar-refractivity contribution in [1.29, 1.82) is 0 Å². The molecule has 17 heavy (non-hydrogen) atoms. The zero-order valence-electron chi connectivity index (χ0n) is 10.2. The van der Waals surface area contributed by atoms with Gasteiger partial charge in [0, 0.05) is 12.0 Å². The van der Waals surface area contributed by atoms with Gasteiger partial charge < -0.3 is 14.8 Å². The van der Waals surface area contributed by atoms with Gasteiger partial charge in [0.1, 0.15) is 0 Å². The number of rotatable bonds is 5. The molecule has 1 aliphatic heterocycles. The molecule has 0 radical (unpaired) electrons. The molecule has 0 bridgehead atoms. The SMILES string of the molecule is COc1ccc(C(=O)CC2CNC2)cc1OC. The molecule has 4 heteroatoms. The van der Waals surface area contributed by atoms with Crippen LogP contribution in [0.15, 0.2) is 18.2 Å². The number of hydrogen-bond donors (Lipinski definition) is 1. The maximum atomic E-state index is 12.0. The Kier molecular flexibility index (Phi) is 3.64. The van der Waals surface area contributed by atoms with Crippen molar-refractivity contribution >= 4 is 5.78 Å². The Morgan fingerprint density at radius 1 is 1.29 bits per heavy atom. The normalized spacial score (nSPS) is 15.2. The van der Waals surface area contributed by atoms with E-state index in [2.05, 4.69) is 5.32 Å². The van der Waals surface area contributed by atoms with Crippen LogP contribution < -0.4 is 14.8 Å². The highest BCUT2D eigenvalue weighted by Gasteiger charge is 2.21. The Labute approximate surface area is 101 Å². The van der Waals surface area contributed by atoms with Crippen LogP contribution in [0.2, 0.25) is 0 Å². The van der Waals surface area contributed by atoms with Gasteiger partial charge in [-0.2, -0.15) is 0 Å². The topological polar surface area (TPSA) is 47.6 Å². The van der Waals surface area contributed by atoms with E-state index in [1.165, 1.54) is 0 Å². The number of ketones is 1. The van der Waals surface area contributed by atoms with Crippen LogP contribution in [0.4, 0.5) is 0 Å². The van der Waals surface area contributed by atoms with Gasteiger partial charge in [0.25, 0.3) is 0 Å². The highest BCUT2D eigenvalue weighted by molar-refractivity contribution is 5.96. The van der Waals surface area contributed by atoms with Crippen molar-refractivity contribution in [3.05, 3.63) is 23.8 Å². The Bertz CT molecular complexity index is 413. The summed E-state index contributed by atoms with van der Waals surface area (Å²) in [5, 5.41) is 3.16. The van der Waals surface area contributed by atoms with E-state index in [0.717, 1.165) is 13.1 Å². The molecule has 0 saturated carbocycles. The highest BCUT2D eigenvalue weighted by Crippen LogP contribution is 2.28. The highest BCUT2D eigenvalue weighted by atomic mass is 16.5. The average molecular weight is 235 g/mol. The van der Waals surface area contributed by atoms with E-state index in [1.54, 1.807) is 32.4 Å². The van der Waals surface area contributed by atoms with Gasteiger partial charge in [-0.1, -0.05) is 0 Å². The van der Waals surface area contributed by atoms with Crippen LogP contribution in [0.3, 0.4) is 0 Å². The summed E-state index contributed by atoms with van der Waals surface area (Å²) in [5.41, 5.74) is 0.689. The predicted molar refractivity (Wildman–Crippen MR) is 64.9 cm³/mol. The van der Waals surface area contributed by atoms with Gasteiger partial charge >= 0.3 is 0 Å². The van der Waals surface area contributed by atoms with Crippen molar-refractivity contribution in [1.82, 2.24) is 5.32 Å². The number of nitrogens with one attached hydrogen (secondary N) is 1. The molecule has 92 valence electrons. The Hall–Kier alpha value is -1.55. The monoisotopic (exact) mass is 235 g/mol. The van der Waals surface area contributed by atoms with Gasteiger partial charge in [-0.05, 0) is 37.2 Å². The summed E-state index contributed by atoms with van der Waals surface area (Å²) in [4.78, 5) is 12.0. The van der Waals surface area contributed by atoms with E-state index in [-0.39, 0.29) is 5.78 Å².